The molecule has 0 aromatic carbocycles. The van der Waals surface area contributed by atoms with E-state index in [9.17, 15) is 0 Å². The first-order valence-corrected chi connectivity index (χ1v) is 15.9. The maximum atomic E-state index is 5.48. The zero-order chi connectivity index (χ0) is 32.4. The van der Waals surface area contributed by atoms with Gasteiger partial charge in [-0.15, -0.1) is 0 Å². The molecule has 0 heterocycles. The molecule has 0 unspecified atom stereocenters. The molecule has 0 rings (SSSR count). The molecule has 0 fully saturated rings. The summed E-state index contributed by atoms with van der Waals surface area (Å²) in [5, 5.41) is 0. The molecule has 0 bridgehead atoms. The second kappa shape index (κ2) is 43.4. The molecule has 0 atom stereocenters. The van der Waals surface area contributed by atoms with E-state index in [1.165, 1.54) is 0 Å². The molecule has 15 nitrogen and oxygen atoms in total. The standard InChI is InChI=1S/C30H62O15/c1-31-3-5-33-7-9-35-11-13-37-15-17-39-19-21-41-23-25-43-27-29-45-30-28-44-26-24-42-22-20-40-18-16-38-14-12-36-10-8-34-6-4-32-2/h3-30H2,1-2H3. The van der Waals surface area contributed by atoms with Crippen LogP contribution in [0.5, 0.6) is 0 Å². The molecule has 15 heteroatoms. The summed E-state index contributed by atoms with van der Waals surface area (Å²) >= 11 is 0. The van der Waals surface area contributed by atoms with Crippen LogP contribution in [0.1, 0.15) is 0 Å². The van der Waals surface area contributed by atoms with E-state index in [4.69, 9.17) is 71.1 Å². The van der Waals surface area contributed by atoms with Crippen molar-refractivity contribution >= 4 is 0 Å². The highest BCUT2D eigenvalue weighted by Gasteiger charge is 1.97. The predicted octanol–water partition coefficient (Wildman–Crippen LogP) is 0.495. The average Bonchev–Trinajstić information content (AvgIpc) is 3.05. The first-order chi connectivity index (χ1) is 22.4. The molecule has 0 saturated heterocycles. The van der Waals surface area contributed by atoms with Crippen molar-refractivity contribution in [1.82, 2.24) is 0 Å². The first kappa shape index (κ1) is 44.4. The fourth-order valence-electron chi connectivity index (χ4n) is 3.03. The van der Waals surface area contributed by atoms with Crippen molar-refractivity contribution in [2.24, 2.45) is 0 Å². The molecule has 0 saturated carbocycles. The molecule has 0 aliphatic rings. The fourth-order valence-corrected chi connectivity index (χ4v) is 3.03. The lowest BCUT2D eigenvalue weighted by Gasteiger charge is -2.09. The first-order valence-electron chi connectivity index (χ1n) is 15.9. The van der Waals surface area contributed by atoms with E-state index >= 15 is 0 Å². The summed E-state index contributed by atoms with van der Waals surface area (Å²) < 4.78 is 80.3. The minimum Gasteiger partial charge on any atom is -0.382 e. The van der Waals surface area contributed by atoms with Gasteiger partial charge < -0.3 is 71.1 Å². The van der Waals surface area contributed by atoms with Gasteiger partial charge in [0.15, 0.2) is 0 Å². The van der Waals surface area contributed by atoms with Gasteiger partial charge in [-0.1, -0.05) is 0 Å². The molecule has 0 aliphatic heterocycles. The topological polar surface area (TPSA) is 138 Å². The van der Waals surface area contributed by atoms with Crippen molar-refractivity contribution in [3.05, 3.63) is 0 Å². The van der Waals surface area contributed by atoms with Crippen LogP contribution in [0.25, 0.3) is 0 Å². The van der Waals surface area contributed by atoms with Gasteiger partial charge >= 0.3 is 0 Å². The Morgan fingerprint density at radius 1 is 0.156 bits per heavy atom. The SMILES string of the molecule is COCCOCCOCCOCCOCCOCCOCCOCCOCCOCCOCCOCCOCCOCCOC. The minimum atomic E-state index is 0.508. The van der Waals surface area contributed by atoms with Crippen molar-refractivity contribution in [2.45, 2.75) is 0 Å². The summed E-state index contributed by atoms with van der Waals surface area (Å²) in [4.78, 5) is 0. The van der Waals surface area contributed by atoms with Crippen LogP contribution < -0.4 is 0 Å². The molecule has 45 heavy (non-hydrogen) atoms. The third kappa shape index (κ3) is 43.4. The Morgan fingerprint density at radius 2 is 0.244 bits per heavy atom. The summed E-state index contributed by atoms with van der Waals surface area (Å²) in [5.41, 5.74) is 0. The van der Waals surface area contributed by atoms with Crippen LogP contribution >= 0.6 is 0 Å². The van der Waals surface area contributed by atoms with E-state index in [-0.39, 0.29) is 0 Å². The van der Waals surface area contributed by atoms with E-state index in [1.54, 1.807) is 14.2 Å². The molecule has 0 spiro atoms. The number of methoxy groups -OCH3 is 2. The molecule has 0 amide bonds. The summed E-state index contributed by atoms with van der Waals surface area (Å²) in [6.07, 6.45) is 0. The van der Waals surface area contributed by atoms with Gasteiger partial charge in [-0.3, -0.25) is 0 Å². The Labute approximate surface area is 270 Å². The summed E-state index contributed by atoms with van der Waals surface area (Å²) in [6.45, 7) is 14.9. The second-order valence-electron chi connectivity index (χ2n) is 8.95. The summed E-state index contributed by atoms with van der Waals surface area (Å²) in [5.74, 6) is 0. The van der Waals surface area contributed by atoms with Crippen LogP contribution in [0.2, 0.25) is 0 Å². The molecule has 0 N–H and O–H groups in total. The van der Waals surface area contributed by atoms with Gasteiger partial charge in [0.2, 0.25) is 0 Å². The largest absolute Gasteiger partial charge is 0.382 e. The van der Waals surface area contributed by atoms with Crippen LogP contribution in [-0.4, -0.2) is 199 Å². The van der Waals surface area contributed by atoms with Crippen LogP contribution in [0, 0.1) is 0 Å². The molecule has 0 aromatic rings. The highest BCUT2D eigenvalue weighted by atomic mass is 16.6. The normalized spacial score (nSPS) is 11.6. The highest BCUT2D eigenvalue weighted by Crippen LogP contribution is 1.88. The molecular formula is C30H62O15. The predicted molar refractivity (Wildman–Crippen MR) is 164 cm³/mol. The maximum Gasteiger partial charge on any atom is 0.0701 e. The zero-order valence-electron chi connectivity index (χ0n) is 27.9. The van der Waals surface area contributed by atoms with Crippen molar-refractivity contribution in [3.63, 3.8) is 0 Å². The Balaban J connectivity index is 3.03. The number of rotatable bonds is 42. The van der Waals surface area contributed by atoms with Crippen LogP contribution in [-0.2, 0) is 71.1 Å². The van der Waals surface area contributed by atoms with Gasteiger partial charge in [0.1, 0.15) is 0 Å². The lowest BCUT2D eigenvalue weighted by molar-refractivity contribution is -0.0296. The third-order valence-corrected chi connectivity index (χ3v) is 5.33. The lowest BCUT2D eigenvalue weighted by Crippen LogP contribution is -2.15. The number of hydrogen-bond donors (Lipinski definition) is 0. The van der Waals surface area contributed by atoms with E-state index < -0.39 is 0 Å². The fraction of sp³-hybridized carbons (Fsp3) is 1.00. The van der Waals surface area contributed by atoms with E-state index in [2.05, 4.69) is 0 Å². The Hall–Kier alpha value is -0.600. The second-order valence-corrected chi connectivity index (χ2v) is 8.95. The summed E-state index contributed by atoms with van der Waals surface area (Å²) in [7, 11) is 3.29. The van der Waals surface area contributed by atoms with Gasteiger partial charge in [-0.25, -0.2) is 0 Å². The van der Waals surface area contributed by atoms with Gasteiger partial charge in [0, 0.05) is 14.2 Å². The van der Waals surface area contributed by atoms with Crippen molar-refractivity contribution in [1.29, 1.82) is 0 Å². The lowest BCUT2D eigenvalue weighted by atomic mass is 10.6. The molecule has 0 radical (unpaired) electrons. The molecule has 0 aromatic heterocycles. The zero-order valence-corrected chi connectivity index (χ0v) is 27.9. The third-order valence-electron chi connectivity index (χ3n) is 5.33. The van der Waals surface area contributed by atoms with Gasteiger partial charge in [0.05, 0.1) is 185 Å². The van der Waals surface area contributed by atoms with Crippen molar-refractivity contribution in [3.8, 4) is 0 Å². The quantitative estimate of drug-likeness (QED) is 0.0838. The Morgan fingerprint density at radius 3 is 0.333 bits per heavy atom. The summed E-state index contributed by atoms with van der Waals surface area (Å²) in [6, 6.07) is 0. The van der Waals surface area contributed by atoms with Gasteiger partial charge in [0.25, 0.3) is 0 Å². The van der Waals surface area contributed by atoms with Gasteiger partial charge in [-0.05, 0) is 0 Å². The smallest absolute Gasteiger partial charge is 0.0701 e. The molecule has 272 valence electrons. The Bertz CT molecular complexity index is 466. The van der Waals surface area contributed by atoms with E-state index in [0.717, 1.165) is 0 Å². The monoisotopic (exact) mass is 662 g/mol. The Kier molecular flexibility index (Phi) is 42.8. The van der Waals surface area contributed by atoms with E-state index in [0.29, 0.717) is 185 Å². The average molecular weight is 663 g/mol. The minimum absolute atomic E-state index is 0.508. The van der Waals surface area contributed by atoms with Crippen LogP contribution in [0.15, 0.2) is 0 Å². The number of ether oxygens (including phenoxy) is 15. The molecular weight excluding hydrogens is 600 g/mol. The van der Waals surface area contributed by atoms with E-state index in [1.807, 2.05) is 0 Å². The highest BCUT2D eigenvalue weighted by molar-refractivity contribution is 4.39. The van der Waals surface area contributed by atoms with Crippen LogP contribution in [0.3, 0.4) is 0 Å². The molecule has 0 aliphatic carbocycles. The maximum absolute atomic E-state index is 5.48. The van der Waals surface area contributed by atoms with Gasteiger partial charge in [-0.2, -0.15) is 0 Å². The van der Waals surface area contributed by atoms with Crippen molar-refractivity contribution in [2.75, 3.05) is 199 Å². The van der Waals surface area contributed by atoms with Crippen molar-refractivity contribution < 1.29 is 71.1 Å². The van der Waals surface area contributed by atoms with Crippen LogP contribution in [0.4, 0.5) is 0 Å². The number of hydrogen-bond acceptors (Lipinski definition) is 15.